The third kappa shape index (κ3) is 4.60. The molecule has 0 unspecified atom stereocenters. The van der Waals surface area contributed by atoms with E-state index in [9.17, 15) is 4.79 Å². The highest BCUT2D eigenvalue weighted by Crippen LogP contribution is 2.20. The smallest absolute Gasteiger partial charge is 0.227 e. The zero-order chi connectivity index (χ0) is 20.2. The maximum absolute atomic E-state index is 13.1. The molecule has 0 aliphatic carbocycles. The van der Waals surface area contributed by atoms with Crippen LogP contribution in [0.15, 0.2) is 47.8 Å². The summed E-state index contributed by atoms with van der Waals surface area (Å²) >= 11 is 1.80. The van der Waals surface area contributed by atoms with Gasteiger partial charge in [-0.05, 0) is 43.8 Å². The molecule has 0 spiro atoms. The lowest BCUT2D eigenvalue weighted by Gasteiger charge is -2.22. The van der Waals surface area contributed by atoms with Crippen molar-refractivity contribution in [3.8, 4) is 5.69 Å². The number of benzene rings is 1. The fraction of sp³-hybridized carbons (Fsp3) is 0.391. The molecular formula is C23H28N4OS. The minimum atomic E-state index is 0.210. The summed E-state index contributed by atoms with van der Waals surface area (Å²) in [5.41, 5.74) is 4.08. The lowest BCUT2D eigenvalue weighted by Crippen LogP contribution is -2.36. The maximum Gasteiger partial charge on any atom is 0.227 e. The fourth-order valence-electron chi connectivity index (χ4n) is 4.02. The van der Waals surface area contributed by atoms with E-state index in [1.54, 1.807) is 11.3 Å². The molecular weight excluding hydrogens is 380 g/mol. The second-order valence-corrected chi connectivity index (χ2v) is 8.70. The Kier molecular flexibility index (Phi) is 6.11. The first-order chi connectivity index (χ1) is 14.1. The largest absolute Gasteiger partial charge is 0.341 e. The van der Waals surface area contributed by atoms with Gasteiger partial charge in [-0.15, -0.1) is 11.3 Å². The topological polar surface area (TPSA) is 41.4 Å². The zero-order valence-corrected chi connectivity index (χ0v) is 18.0. The number of thiophene rings is 1. The van der Waals surface area contributed by atoms with Crippen molar-refractivity contribution in [1.29, 1.82) is 0 Å². The number of hydrogen-bond acceptors (Lipinski definition) is 4. The summed E-state index contributed by atoms with van der Waals surface area (Å²) in [6.45, 7) is 8.67. The molecule has 0 N–H and O–H groups in total. The number of nitrogens with zero attached hydrogens (tertiary/aromatic N) is 4. The van der Waals surface area contributed by atoms with Crippen LogP contribution >= 0.6 is 11.3 Å². The van der Waals surface area contributed by atoms with Crippen LogP contribution in [-0.2, 0) is 17.8 Å². The van der Waals surface area contributed by atoms with Crippen LogP contribution in [0.5, 0.6) is 0 Å². The summed E-state index contributed by atoms with van der Waals surface area (Å²) in [5, 5.41) is 6.82. The van der Waals surface area contributed by atoms with E-state index in [2.05, 4.69) is 34.4 Å². The molecule has 4 rings (SSSR count). The molecule has 1 aliphatic rings. The Hall–Kier alpha value is -2.44. The van der Waals surface area contributed by atoms with Crippen molar-refractivity contribution >= 4 is 17.2 Å². The van der Waals surface area contributed by atoms with E-state index in [0.29, 0.717) is 6.42 Å². The Bertz CT molecular complexity index is 949. The van der Waals surface area contributed by atoms with Gasteiger partial charge in [-0.3, -0.25) is 9.69 Å². The Morgan fingerprint density at radius 2 is 1.86 bits per heavy atom. The van der Waals surface area contributed by atoms with Gasteiger partial charge in [-0.25, -0.2) is 4.68 Å². The maximum atomic E-state index is 13.1. The second-order valence-electron chi connectivity index (χ2n) is 7.66. The Balaban J connectivity index is 1.41. The molecule has 1 amide bonds. The van der Waals surface area contributed by atoms with Crippen LogP contribution in [0.3, 0.4) is 0 Å². The second kappa shape index (κ2) is 8.93. The highest BCUT2D eigenvalue weighted by atomic mass is 32.1. The summed E-state index contributed by atoms with van der Waals surface area (Å²) in [6.07, 6.45) is 1.45. The minimum absolute atomic E-state index is 0.210. The van der Waals surface area contributed by atoms with E-state index < -0.39 is 0 Å². The molecule has 2 aromatic heterocycles. The molecule has 3 aromatic rings. The van der Waals surface area contributed by atoms with Crippen molar-refractivity contribution in [3.63, 3.8) is 0 Å². The van der Waals surface area contributed by atoms with Crippen LogP contribution in [0.4, 0.5) is 0 Å². The molecule has 0 atom stereocenters. The van der Waals surface area contributed by atoms with Crippen molar-refractivity contribution < 1.29 is 4.79 Å². The number of rotatable bonds is 5. The predicted molar refractivity (Wildman–Crippen MR) is 118 cm³/mol. The Labute approximate surface area is 176 Å². The summed E-state index contributed by atoms with van der Waals surface area (Å²) < 4.78 is 1.95. The lowest BCUT2D eigenvalue weighted by atomic mass is 10.1. The molecule has 1 fully saturated rings. The van der Waals surface area contributed by atoms with Gasteiger partial charge in [0.25, 0.3) is 0 Å². The van der Waals surface area contributed by atoms with E-state index in [1.807, 2.05) is 46.8 Å². The normalized spacial score (nSPS) is 15.4. The van der Waals surface area contributed by atoms with E-state index in [4.69, 9.17) is 0 Å². The van der Waals surface area contributed by atoms with E-state index in [1.165, 1.54) is 4.88 Å². The van der Waals surface area contributed by atoms with Gasteiger partial charge in [-0.1, -0.05) is 24.3 Å². The van der Waals surface area contributed by atoms with Crippen LogP contribution in [0.2, 0.25) is 0 Å². The van der Waals surface area contributed by atoms with Gasteiger partial charge >= 0.3 is 0 Å². The van der Waals surface area contributed by atoms with Gasteiger partial charge in [0.1, 0.15) is 0 Å². The molecule has 1 aromatic carbocycles. The highest BCUT2D eigenvalue weighted by molar-refractivity contribution is 7.09. The van der Waals surface area contributed by atoms with E-state index in [0.717, 1.165) is 61.8 Å². The van der Waals surface area contributed by atoms with Gasteiger partial charge in [-0.2, -0.15) is 5.10 Å². The Morgan fingerprint density at radius 3 is 2.62 bits per heavy atom. The monoisotopic (exact) mass is 408 g/mol. The van der Waals surface area contributed by atoms with Crippen LogP contribution in [-0.4, -0.2) is 51.7 Å². The van der Waals surface area contributed by atoms with Gasteiger partial charge < -0.3 is 4.90 Å². The molecule has 0 bridgehead atoms. The molecule has 1 saturated heterocycles. The quantitative estimate of drug-likeness (QED) is 0.644. The van der Waals surface area contributed by atoms with Crippen molar-refractivity contribution in [3.05, 3.63) is 69.7 Å². The summed E-state index contributed by atoms with van der Waals surface area (Å²) in [7, 11) is 0. The van der Waals surface area contributed by atoms with Gasteiger partial charge in [0.15, 0.2) is 0 Å². The van der Waals surface area contributed by atoms with Crippen LogP contribution in [0.25, 0.3) is 5.69 Å². The number of aromatic nitrogens is 2. The molecule has 6 heteroatoms. The third-order valence-electron chi connectivity index (χ3n) is 5.67. The highest BCUT2D eigenvalue weighted by Gasteiger charge is 2.22. The number of para-hydroxylation sites is 1. The van der Waals surface area contributed by atoms with Crippen molar-refractivity contribution in [1.82, 2.24) is 19.6 Å². The first-order valence-electron chi connectivity index (χ1n) is 10.2. The Morgan fingerprint density at radius 1 is 1.03 bits per heavy atom. The van der Waals surface area contributed by atoms with Crippen molar-refractivity contribution in [2.45, 2.75) is 33.2 Å². The average Bonchev–Trinajstić information content (AvgIpc) is 3.25. The third-order valence-corrected chi connectivity index (χ3v) is 6.53. The number of carbonyl (C=O) groups excluding carboxylic acids is 1. The van der Waals surface area contributed by atoms with Crippen LogP contribution < -0.4 is 0 Å². The summed E-state index contributed by atoms with van der Waals surface area (Å²) in [4.78, 5) is 19.0. The number of aryl methyl sites for hydroxylation is 1. The van der Waals surface area contributed by atoms with Crippen LogP contribution in [0.1, 0.15) is 28.2 Å². The molecule has 0 saturated carbocycles. The van der Waals surface area contributed by atoms with Crippen molar-refractivity contribution in [2.75, 3.05) is 26.2 Å². The predicted octanol–water partition coefficient (Wildman–Crippen LogP) is 3.83. The fourth-order valence-corrected chi connectivity index (χ4v) is 4.76. The summed E-state index contributed by atoms with van der Waals surface area (Å²) in [5.74, 6) is 0.210. The average molecular weight is 409 g/mol. The molecule has 0 radical (unpaired) electrons. The van der Waals surface area contributed by atoms with Crippen LogP contribution in [0, 0.1) is 13.8 Å². The minimum Gasteiger partial charge on any atom is -0.341 e. The first kappa shape index (κ1) is 19.9. The molecule has 5 nitrogen and oxygen atoms in total. The number of carbonyl (C=O) groups is 1. The molecule has 3 heterocycles. The van der Waals surface area contributed by atoms with E-state index >= 15 is 0 Å². The number of amides is 1. The zero-order valence-electron chi connectivity index (χ0n) is 17.2. The SMILES string of the molecule is Cc1nn(-c2ccccc2)c(C)c1CC(=O)N1CCCN(Cc2cccs2)CC1. The first-order valence-corrected chi connectivity index (χ1v) is 11.1. The van der Waals surface area contributed by atoms with Crippen molar-refractivity contribution in [2.24, 2.45) is 0 Å². The number of hydrogen-bond donors (Lipinski definition) is 0. The summed E-state index contributed by atoms with van der Waals surface area (Å²) in [6, 6.07) is 14.4. The standard InChI is InChI=1S/C23H28N4OS/c1-18-22(19(2)27(24-18)20-8-4-3-5-9-20)16-23(28)26-12-7-11-25(13-14-26)17-21-10-6-15-29-21/h3-6,8-10,15H,7,11-14,16-17H2,1-2H3. The van der Waals surface area contributed by atoms with E-state index in [-0.39, 0.29) is 5.91 Å². The van der Waals surface area contributed by atoms with Gasteiger partial charge in [0, 0.05) is 48.9 Å². The molecule has 152 valence electrons. The van der Waals surface area contributed by atoms with Gasteiger partial charge in [0.2, 0.25) is 5.91 Å². The molecule has 1 aliphatic heterocycles. The van der Waals surface area contributed by atoms with Gasteiger partial charge in [0.05, 0.1) is 17.8 Å². The molecule has 29 heavy (non-hydrogen) atoms. The lowest BCUT2D eigenvalue weighted by molar-refractivity contribution is -0.130.